The molecule has 1 unspecified atom stereocenters. The number of benzene rings is 1. The number of esters is 1. The lowest BCUT2D eigenvalue weighted by Crippen LogP contribution is -2.34. The summed E-state index contributed by atoms with van der Waals surface area (Å²) in [6.07, 6.45) is 2.93. The molecule has 0 spiro atoms. The highest BCUT2D eigenvalue weighted by Gasteiger charge is 2.37. The molecule has 0 aliphatic heterocycles. The molecule has 0 heterocycles. The van der Waals surface area contributed by atoms with Crippen LogP contribution in [0.3, 0.4) is 0 Å². The number of ketones is 1. The molecule has 1 aromatic rings. The van der Waals surface area contributed by atoms with Crippen molar-refractivity contribution in [2.45, 2.75) is 32.7 Å². The van der Waals surface area contributed by atoms with E-state index < -0.39 is 35.2 Å². The third kappa shape index (κ3) is 5.84. The van der Waals surface area contributed by atoms with Gasteiger partial charge in [-0.15, -0.1) is 0 Å². The molecule has 2 rings (SSSR count). The van der Waals surface area contributed by atoms with Crippen LogP contribution in [0.4, 0.5) is 8.78 Å². The van der Waals surface area contributed by atoms with E-state index >= 15 is 0 Å². The molecule has 1 aliphatic rings. The van der Waals surface area contributed by atoms with Gasteiger partial charge in [-0.3, -0.25) is 9.59 Å². The molecule has 0 saturated heterocycles. The average molecular weight is 435 g/mol. The fraction of sp³-hybridized carbons (Fsp3) is 0.364. The van der Waals surface area contributed by atoms with Crippen LogP contribution in [-0.4, -0.2) is 37.7 Å². The molecule has 1 aliphatic carbocycles. The molecular formula is C22H23F2NO6. The van der Waals surface area contributed by atoms with Crippen molar-refractivity contribution in [2.75, 3.05) is 13.7 Å². The smallest absolute Gasteiger partial charge is 0.338 e. The summed E-state index contributed by atoms with van der Waals surface area (Å²) < 4.78 is 37.1. The van der Waals surface area contributed by atoms with Gasteiger partial charge in [0.1, 0.15) is 17.9 Å². The van der Waals surface area contributed by atoms with Gasteiger partial charge in [-0.05, 0) is 12.5 Å². The first-order chi connectivity index (χ1) is 14.8. The second kappa shape index (κ2) is 11.1. The summed E-state index contributed by atoms with van der Waals surface area (Å²) in [6.45, 7) is 1.74. The molecule has 1 atom stereocenters. The number of ether oxygens (including phenoxy) is 2. The van der Waals surface area contributed by atoms with Gasteiger partial charge in [0.05, 0.1) is 24.9 Å². The molecule has 0 fully saturated rings. The second-order valence-corrected chi connectivity index (χ2v) is 6.77. The molecule has 0 aromatic heterocycles. The van der Waals surface area contributed by atoms with E-state index in [1.807, 2.05) is 6.92 Å². The third-order valence-electron chi connectivity index (χ3n) is 4.63. The maximum atomic E-state index is 13.8. The first-order valence-corrected chi connectivity index (χ1v) is 9.71. The van der Waals surface area contributed by atoms with Gasteiger partial charge in [-0.25, -0.2) is 13.6 Å². The number of methoxy groups -OCH3 is 1. The first kappa shape index (κ1) is 23.9. The molecule has 9 heteroatoms. The van der Waals surface area contributed by atoms with E-state index in [2.05, 4.69) is 5.32 Å². The fourth-order valence-electron chi connectivity index (χ4n) is 2.99. The Morgan fingerprint density at radius 1 is 1.26 bits per heavy atom. The van der Waals surface area contributed by atoms with E-state index in [9.17, 15) is 28.0 Å². The Balaban J connectivity index is 2.31. The lowest BCUT2D eigenvalue weighted by atomic mass is 9.85. The van der Waals surface area contributed by atoms with Crippen LogP contribution in [0.15, 0.2) is 41.2 Å². The Morgan fingerprint density at radius 3 is 2.61 bits per heavy atom. The van der Waals surface area contributed by atoms with Gasteiger partial charge in [0, 0.05) is 30.5 Å². The lowest BCUT2D eigenvalue weighted by Gasteiger charge is -2.24. The zero-order valence-corrected chi connectivity index (χ0v) is 17.2. The minimum atomic E-state index is -0.900. The Hall–Kier alpha value is -3.36. The van der Waals surface area contributed by atoms with E-state index in [1.54, 1.807) is 0 Å². The monoisotopic (exact) mass is 435 g/mol. The number of allylic oxidation sites excluding steroid dienone is 2. The molecule has 0 radical (unpaired) electrons. The first-order valence-electron chi connectivity index (χ1n) is 9.71. The molecule has 1 N–H and O–H groups in total. The number of nitrogens with one attached hydrogen (secondary N) is 1. The maximum Gasteiger partial charge on any atom is 0.338 e. The predicted octanol–water partition coefficient (Wildman–Crippen LogP) is 2.54. The van der Waals surface area contributed by atoms with Crippen LogP contribution in [0.25, 0.3) is 0 Å². The van der Waals surface area contributed by atoms with Gasteiger partial charge in [-0.1, -0.05) is 25.5 Å². The topological polar surface area (TPSA) is 98.8 Å². The highest BCUT2D eigenvalue weighted by atomic mass is 19.1. The third-order valence-corrected chi connectivity index (χ3v) is 4.63. The number of amides is 1. The molecule has 7 nitrogen and oxygen atoms in total. The van der Waals surface area contributed by atoms with Crippen molar-refractivity contribution in [1.29, 1.82) is 0 Å². The summed E-state index contributed by atoms with van der Waals surface area (Å²) in [5, 5.41) is 2.39. The van der Waals surface area contributed by atoms with Crippen molar-refractivity contribution < 1.29 is 37.4 Å². The Kier molecular flexibility index (Phi) is 8.60. The normalized spacial score (nSPS) is 15.9. The summed E-state index contributed by atoms with van der Waals surface area (Å²) in [4.78, 5) is 49.0. The molecule has 1 aromatic carbocycles. The van der Waals surface area contributed by atoms with Crippen LogP contribution < -0.4 is 5.32 Å². The van der Waals surface area contributed by atoms with Crippen molar-refractivity contribution in [3.8, 4) is 0 Å². The highest BCUT2D eigenvalue weighted by molar-refractivity contribution is 6.27. The van der Waals surface area contributed by atoms with E-state index in [-0.39, 0.29) is 42.0 Å². The van der Waals surface area contributed by atoms with Crippen LogP contribution in [0, 0.1) is 17.6 Å². The van der Waals surface area contributed by atoms with Crippen LogP contribution in [0.1, 0.15) is 31.7 Å². The Labute approximate surface area is 178 Å². The number of rotatable bonds is 10. The lowest BCUT2D eigenvalue weighted by molar-refractivity contribution is -0.138. The van der Waals surface area contributed by atoms with Gasteiger partial charge in [0.15, 0.2) is 5.76 Å². The van der Waals surface area contributed by atoms with Crippen molar-refractivity contribution in [3.05, 3.63) is 58.4 Å². The van der Waals surface area contributed by atoms with E-state index in [4.69, 9.17) is 9.47 Å². The molecule has 166 valence electrons. The number of halogens is 2. The zero-order chi connectivity index (χ0) is 23.0. The number of Topliss-reactive ketones (excluding diaryl/α,β-unsaturated/α-hetero) is 1. The molecular weight excluding hydrogens is 412 g/mol. The Bertz CT molecular complexity index is 938. The summed E-state index contributed by atoms with van der Waals surface area (Å²) in [7, 11) is 1.13. The average Bonchev–Trinajstić information content (AvgIpc) is 2.74. The molecule has 31 heavy (non-hydrogen) atoms. The van der Waals surface area contributed by atoms with Crippen LogP contribution in [0.5, 0.6) is 0 Å². The second-order valence-electron chi connectivity index (χ2n) is 6.77. The van der Waals surface area contributed by atoms with Crippen LogP contribution in [-0.2, 0) is 35.2 Å². The molecule has 1 amide bonds. The van der Waals surface area contributed by atoms with E-state index in [0.29, 0.717) is 18.8 Å². The summed E-state index contributed by atoms with van der Waals surface area (Å²) >= 11 is 0. The SMILES string of the molecule is CCCCOC1=C(C(=O)OC)C(CC=O)C=C(C(=O)NCc2ccc(F)cc2F)C1=O. The standard InChI is InChI=1S/C22H23F2NO6/c1-3-4-9-31-20-18(22(29)30-2)13(7-8-26)10-16(19(20)27)21(28)25-12-14-5-6-15(23)11-17(14)24/h5-6,8,10-11,13H,3-4,7,9,12H2,1-2H3,(H,25,28). The number of carbonyl (C=O) groups excluding carboxylic acids is 4. The van der Waals surface area contributed by atoms with Crippen molar-refractivity contribution in [3.63, 3.8) is 0 Å². The number of carbonyl (C=O) groups is 4. The maximum absolute atomic E-state index is 13.8. The largest absolute Gasteiger partial charge is 0.489 e. The van der Waals surface area contributed by atoms with Crippen molar-refractivity contribution >= 4 is 23.9 Å². The number of hydrogen-bond donors (Lipinski definition) is 1. The van der Waals surface area contributed by atoms with E-state index in [0.717, 1.165) is 19.6 Å². The van der Waals surface area contributed by atoms with Gasteiger partial charge in [0.25, 0.3) is 5.91 Å². The van der Waals surface area contributed by atoms with Crippen molar-refractivity contribution in [2.24, 2.45) is 5.92 Å². The van der Waals surface area contributed by atoms with Gasteiger partial charge < -0.3 is 19.6 Å². The fourth-order valence-corrected chi connectivity index (χ4v) is 2.99. The minimum Gasteiger partial charge on any atom is -0.489 e. The predicted molar refractivity (Wildman–Crippen MR) is 105 cm³/mol. The zero-order valence-electron chi connectivity index (χ0n) is 17.2. The Morgan fingerprint density at radius 2 is 2.00 bits per heavy atom. The molecule has 0 saturated carbocycles. The van der Waals surface area contributed by atoms with Crippen molar-refractivity contribution in [1.82, 2.24) is 5.32 Å². The number of hydrogen-bond acceptors (Lipinski definition) is 6. The summed E-state index contributed by atoms with van der Waals surface area (Å²) in [6, 6.07) is 2.89. The summed E-state index contributed by atoms with van der Waals surface area (Å²) in [5.41, 5.74) is -0.446. The van der Waals surface area contributed by atoms with Gasteiger partial charge in [-0.2, -0.15) is 0 Å². The highest BCUT2D eigenvalue weighted by Crippen LogP contribution is 2.31. The quantitative estimate of drug-likeness (QED) is 0.263. The summed E-state index contributed by atoms with van der Waals surface area (Å²) in [5.74, 6) is -5.37. The van der Waals surface area contributed by atoms with E-state index in [1.165, 1.54) is 12.1 Å². The number of aldehydes is 1. The van der Waals surface area contributed by atoms with Gasteiger partial charge in [0.2, 0.25) is 5.78 Å². The van der Waals surface area contributed by atoms with Gasteiger partial charge >= 0.3 is 5.97 Å². The minimum absolute atomic E-state index is 0.0215. The van der Waals surface area contributed by atoms with Crippen LogP contribution >= 0.6 is 0 Å². The van der Waals surface area contributed by atoms with Crippen LogP contribution in [0.2, 0.25) is 0 Å². The number of unbranched alkanes of at least 4 members (excludes halogenated alkanes) is 1. The molecule has 0 bridgehead atoms.